The number of ether oxygens (including phenoxy) is 2. The average Bonchev–Trinajstić information content (AvgIpc) is 3.05. The van der Waals surface area contributed by atoms with Gasteiger partial charge in [-0.15, -0.1) is 0 Å². The van der Waals surface area contributed by atoms with Gasteiger partial charge < -0.3 is 19.7 Å². The van der Waals surface area contributed by atoms with Crippen molar-refractivity contribution in [2.45, 2.75) is 110 Å². The molecule has 4 heteroatoms. The predicted octanol–water partition coefficient (Wildman–Crippen LogP) is 5.47. The van der Waals surface area contributed by atoms with E-state index in [2.05, 4.69) is 33.8 Å². The van der Waals surface area contributed by atoms with E-state index in [1.54, 1.807) is 5.57 Å². The molecule has 0 unspecified atom stereocenters. The number of fused-ring (bicyclic) bond motifs is 5. The van der Waals surface area contributed by atoms with Gasteiger partial charge in [0.15, 0.2) is 5.79 Å². The van der Waals surface area contributed by atoms with Crippen LogP contribution in [0.15, 0.2) is 11.6 Å². The van der Waals surface area contributed by atoms with E-state index in [0.29, 0.717) is 23.4 Å². The van der Waals surface area contributed by atoms with Gasteiger partial charge in [0.25, 0.3) is 0 Å². The average molecular weight is 447 g/mol. The zero-order valence-corrected chi connectivity index (χ0v) is 20.8. The number of hydrogen-bond donors (Lipinski definition) is 2. The molecule has 0 amide bonds. The Labute approximate surface area is 195 Å². The first-order valence-corrected chi connectivity index (χ1v) is 13.5. The molecule has 2 N–H and O–H groups in total. The maximum Gasteiger partial charge on any atom is 0.165 e. The minimum atomic E-state index is -0.502. The summed E-state index contributed by atoms with van der Waals surface area (Å²) in [5.41, 5.74) is 2.21. The highest BCUT2D eigenvalue weighted by molar-refractivity contribution is 5.25. The van der Waals surface area contributed by atoms with E-state index in [1.165, 1.54) is 32.1 Å². The number of allylic oxidation sites excluding steroid dienone is 1. The number of hydrogen-bond acceptors (Lipinski definition) is 4. The molecule has 0 radical (unpaired) electrons. The maximum absolute atomic E-state index is 10.3. The van der Waals surface area contributed by atoms with E-state index in [0.717, 1.165) is 49.9 Å². The molecule has 1 heterocycles. The molecule has 0 aromatic rings. The lowest BCUT2D eigenvalue weighted by atomic mass is 9.47. The van der Waals surface area contributed by atoms with Crippen LogP contribution in [-0.4, -0.2) is 41.4 Å². The fourth-order valence-corrected chi connectivity index (χ4v) is 9.07. The van der Waals surface area contributed by atoms with E-state index >= 15 is 0 Å². The van der Waals surface area contributed by atoms with Gasteiger partial charge >= 0.3 is 0 Å². The van der Waals surface area contributed by atoms with Gasteiger partial charge in [0.05, 0.1) is 18.8 Å². The third kappa shape index (κ3) is 3.63. The SMILES string of the molecule is CC[C@H]1[C@@H](O[C@@]2(C)CC[C@@H](CO)CO2)C[C@H]2[C@@H]3CC=C4C[C@@H](O)CC[C@]4(C)[C@H]3CC[C@@]21C. The molecule has 1 saturated heterocycles. The lowest BCUT2D eigenvalue weighted by molar-refractivity contribution is -0.281. The quantitative estimate of drug-likeness (QED) is 0.563. The van der Waals surface area contributed by atoms with Crippen molar-refractivity contribution >= 4 is 0 Å². The lowest BCUT2D eigenvalue weighted by Crippen LogP contribution is -2.50. The van der Waals surface area contributed by atoms with Crippen LogP contribution in [0.1, 0.15) is 91.9 Å². The van der Waals surface area contributed by atoms with Crippen molar-refractivity contribution in [2.75, 3.05) is 13.2 Å². The highest BCUT2D eigenvalue weighted by atomic mass is 16.7. The van der Waals surface area contributed by atoms with Crippen molar-refractivity contribution in [3.8, 4) is 0 Å². The molecule has 0 aromatic heterocycles. The molecule has 4 nitrogen and oxygen atoms in total. The number of rotatable bonds is 4. The highest BCUT2D eigenvalue weighted by Crippen LogP contribution is 2.67. The Kier molecular flexibility index (Phi) is 6.09. The van der Waals surface area contributed by atoms with Gasteiger partial charge in [0.1, 0.15) is 0 Å². The van der Waals surface area contributed by atoms with Crippen LogP contribution < -0.4 is 0 Å². The monoisotopic (exact) mass is 446 g/mol. The van der Waals surface area contributed by atoms with E-state index < -0.39 is 5.79 Å². The first-order valence-electron chi connectivity index (χ1n) is 13.5. The van der Waals surface area contributed by atoms with Gasteiger partial charge in [-0.3, -0.25) is 0 Å². The minimum Gasteiger partial charge on any atom is -0.396 e. The van der Waals surface area contributed by atoms with Crippen LogP contribution in [0.4, 0.5) is 0 Å². The fourth-order valence-electron chi connectivity index (χ4n) is 9.07. The van der Waals surface area contributed by atoms with E-state index in [4.69, 9.17) is 9.47 Å². The normalized spacial score (nSPS) is 53.2. The Morgan fingerprint density at radius 1 is 1.09 bits per heavy atom. The molecule has 0 aromatic carbocycles. The van der Waals surface area contributed by atoms with Gasteiger partial charge in [-0.2, -0.15) is 0 Å². The second kappa shape index (κ2) is 8.36. The first-order chi connectivity index (χ1) is 15.2. The van der Waals surface area contributed by atoms with E-state index in [9.17, 15) is 10.2 Å². The molecule has 1 aliphatic heterocycles. The van der Waals surface area contributed by atoms with Gasteiger partial charge in [0, 0.05) is 18.9 Å². The molecule has 5 aliphatic rings. The molecule has 0 bridgehead atoms. The summed E-state index contributed by atoms with van der Waals surface area (Å²) in [5, 5.41) is 19.8. The fraction of sp³-hybridized carbons (Fsp3) is 0.929. The van der Waals surface area contributed by atoms with Crippen molar-refractivity contribution in [1.29, 1.82) is 0 Å². The van der Waals surface area contributed by atoms with Gasteiger partial charge in [-0.1, -0.05) is 38.8 Å². The minimum absolute atomic E-state index is 0.130. The Balaban J connectivity index is 1.36. The van der Waals surface area contributed by atoms with Gasteiger partial charge in [-0.25, -0.2) is 0 Å². The Morgan fingerprint density at radius 3 is 2.59 bits per heavy atom. The van der Waals surface area contributed by atoms with Crippen LogP contribution in [0.5, 0.6) is 0 Å². The van der Waals surface area contributed by atoms with Crippen molar-refractivity contribution in [1.82, 2.24) is 0 Å². The van der Waals surface area contributed by atoms with E-state index in [-0.39, 0.29) is 24.7 Å². The molecule has 182 valence electrons. The zero-order chi connectivity index (χ0) is 22.7. The summed E-state index contributed by atoms with van der Waals surface area (Å²) in [6.07, 6.45) is 13.7. The number of aliphatic hydroxyl groups excluding tert-OH is 2. The largest absolute Gasteiger partial charge is 0.396 e. The van der Waals surface area contributed by atoms with Crippen LogP contribution in [0, 0.1) is 40.4 Å². The summed E-state index contributed by atoms with van der Waals surface area (Å²) >= 11 is 0. The summed E-state index contributed by atoms with van der Waals surface area (Å²) in [5.74, 6) is 2.58. The molecule has 10 atom stereocenters. The van der Waals surface area contributed by atoms with Crippen molar-refractivity contribution in [2.24, 2.45) is 40.4 Å². The molecular formula is C28H46O4. The van der Waals surface area contributed by atoms with Crippen molar-refractivity contribution < 1.29 is 19.7 Å². The number of aliphatic hydroxyl groups is 2. The molecule has 32 heavy (non-hydrogen) atoms. The van der Waals surface area contributed by atoms with Crippen LogP contribution in [0.2, 0.25) is 0 Å². The first kappa shape index (κ1) is 23.3. The predicted molar refractivity (Wildman–Crippen MR) is 126 cm³/mol. The van der Waals surface area contributed by atoms with Gasteiger partial charge in [-0.05, 0) is 92.8 Å². The molecular weight excluding hydrogens is 400 g/mol. The molecule has 3 saturated carbocycles. The summed E-state index contributed by atoms with van der Waals surface area (Å²) in [4.78, 5) is 0. The summed E-state index contributed by atoms with van der Waals surface area (Å²) in [7, 11) is 0. The third-order valence-electron chi connectivity index (χ3n) is 11.0. The highest BCUT2D eigenvalue weighted by Gasteiger charge is 2.61. The summed E-state index contributed by atoms with van der Waals surface area (Å²) in [6.45, 7) is 10.4. The van der Waals surface area contributed by atoms with Crippen molar-refractivity contribution in [3.63, 3.8) is 0 Å². The zero-order valence-electron chi connectivity index (χ0n) is 20.8. The molecule has 0 spiro atoms. The molecule has 5 rings (SSSR count). The Morgan fingerprint density at radius 2 is 1.91 bits per heavy atom. The van der Waals surface area contributed by atoms with Crippen LogP contribution in [0.3, 0.4) is 0 Å². The van der Waals surface area contributed by atoms with Gasteiger partial charge in [0.2, 0.25) is 0 Å². The molecule has 4 aliphatic carbocycles. The lowest BCUT2D eigenvalue weighted by Gasteiger charge is -2.58. The molecule has 4 fully saturated rings. The standard InChI is InChI=1S/C28H46O4/c1-5-22-25(32-28(4)13-8-18(16-29)17-31-28)15-24-21-7-6-19-14-20(30)9-11-26(19,2)23(21)10-12-27(22,24)3/h6,18,20-25,29-30H,5,7-17H2,1-4H3/t18-,20-,21+,22-,23-,24-,25-,26-,27+,28-/m0/s1. The summed E-state index contributed by atoms with van der Waals surface area (Å²) < 4.78 is 13.1. The second-order valence-electron chi connectivity index (χ2n) is 12.6. The summed E-state index contributed by atoms with van der Waals surface area (Å²) in [6, 6.07) is 0. The smallest absolute Gasteiger partial charge is 0.165 e. The van der Waals surface area contributed by atoms with E-state index in [1.807, 2.05) is 0 Å². The van der Waals surface area contributed by atoms with Crippen LogP contribution >= 0.6 is 0 Å². The Hall–Kier alpha value is -0.420. The third-order valence-corrected chi connectivity index (χ3v) is 11.0. The topological polar surface area (TPSA) is 58.9 Å². The van der Waals surface area contributed by atoms with Crippen molar-refractivity contribution in [3.05, 3.63) is 11.6 Å². The maximum atomic E-state index is 10.3. The van der Waals surface area contributed by atoms with Crippen LogP contribution in [-0.2, 0) is 9.47 Å². The Bertz CT molecular complexity index is 725. The second-order valence-corrected chi connectivity index (χ2v) is 12.6. The van der Waals surface area contributed by atoms with Crippen LogP contribution in [0.25, 0.3) is 0 Å².